The number of hydrogen-bond donors (Lipinski definition) is 1. The molecule has 0 unspecified atom stereocenters. The van der Waals surface area contributed by atoms with E-state index in [1.807, 2.05) is 32.0 Å². The second-order valence-electron chi connectivity index (χ2n) is 5.35. The Kier molecular flexibility index (Phi) is 5.11. The highest BCUT2D eigenvalue weighted by atomic mass is 19.1. The van der Waals surface area contributed by atoms with Crippen molar-refractivity contribution in [2.45, 2.75) is 20.8 Å². The van der Waals surface area contributed by atoms with E-state index >= 15 is 0 Å². The summed E-state index contributed by atoms with van der Waals surface area (Å²) in [4.78, 5) is 23.5. The molecule has 0 aliphatic heterocycles. The number of ketones is 1. The van der Waals surface area contributed by atoms with Crippen LogP contribution in [0.4, 0.5) is 10.1 Å². The van der Waals surface area contributed by atoms with Gasteiger partial charge in [-0.05, 0) is 56.2 Å². The third-order valence-corrected chi connectivity index (χ3v) is 3.35. The first-order chi connectivity index (χ1) is 10.9. The molecule has 4 nitrogen and oxygen atoms in total. The number of halogens is 1. The molecule has 5 heteroatoms. The van der Waals surface area contributed by atoms with E-state index in [-0.39, 0.29) is 29.6 Å². The fraction of sp³-hybridized carbons (Fsp3) is 0.222. The quantitative estimate of drug-likeness (QED) is 0.857. The molecule has 0 spiro atoms. The van der Waals surface area contributed by atoms with E-state index in [0.29, 0.717) is 5.69 Å². The van der Waals surface area contributed by atoms with Crippen LogP contribution < -0.4 is 10.1 Å². The van der Waals surface area contributed by atoms with Gasteiger partial charge in [-0.15, -0.1) is 0 Å². The molecule has 0 radical (unpaired) electrons. The molecule has 0 aromatic heterocycles. The number of hydrogen-bond acceptors (Lipinski definition) is 3. The Bertz CT molecular complexity index is 756. The van der Waals surface area contributed by atoms with Gasteiger partial charge in [0.2, 0.25) is 0 Å². The van der Waals surface area contributed by atoms with E-state index in [1.54, 1.807) is 0 Å². The summed E-state index contributed by atoms with van der Waals surface area (Å²) in [5.74, 6) is -1.01. The standard InChI is InChI=1S/C18H18FNO3/c1-11-4-5-12(2)16(8-11)20-18(22)10-23-17-7-6-14(19)9-15(17)13(3)21/h4-9H,10H2,1-3H3,(H,20,22). The maximum atomic E-state index is 13.2. The van der Waals surface area contributed by atoms with Crippen LogP contribution in [0.3, 0.4) is 0 Å². The number of aryl methyl sites for hydroxylation is 2. The molecule has 23 heavy (non-hydrogen) atoms. The van der Waals surface area contributed by atoms with Gasteiger partial charge in [0, 0.05) is 5.69 Å². The zero-order valence-corrected chi connectivity index (χ0v) is 13.3. The maximum Gasteiger partial charge on any atom is 0.262 e. The van der Waals surface area contributed by atoms with Crippen molar-refractivity contribution < 1.29 is 18.7 Å². The molecule has 0 saturated carbocycles. The van der Waals surface area contributed by atoms with Crippen LogP contribution >= 0.6 is 0 Å². The third-order valence-electron chi connectivity index (χ3n) is 3.35. The molecule has 120 valence electrons. The topological polar surface area (TPSA) is 55.4 Å². The molecule has 0 saturated heterocycles. The summed E-state index contributed by atoms with van der Waals surface area (Å²) in [5, 5.41) is 2.76. The highest BCUT2D eigenvalue weighted by Gasteiger charge is 2.12. The van der Waals surface area contributed by atoms with Gasteiger partial charge in [0.25, 0.3) is 5.91 Å². The molecule has 0 aliphatic carbocycles. The summed E-state index contributed by atoms with van der Waals surface area (Å²) >= 11 is 0. The molecule has 0 atom stereocenters. The van der Waals surface area contributed by atoms with Crippen LogP contribution in [0, 0.1) is 19.7 Å². The van der Waals surface area contributed by atoms with Gasteiger partial charge in [0.1, 0.15) is 11.6 Å². The lowest BCUT2D eigenvalue weighted by molar-refractivity contribution is -0.118. The van der Waals surface area contributed by atoms with Crippen molar-refractivity contribution in [1.82, 2.24) is 0 Å². The SMILES string of the molecule is CC(=O)c1cc(F)ccc1OCC(=O)Nc1cc(C)ccc1C. The van der Waals surface area contributed by atoms with Crippen LogP contribution in [-0.2, 0) is 4.79 Å². The third kappa shape index (κ3) is 4.39. The van der Waals surface area contributed by atoms with Gasteiger partial charge in [-0.2, -0.15) is 0 Å². The second kappa shape index (κ2) is 7.05. The molecule has 0 heterocycles. The summed E-state index contributed by atoms with van der Waals surface area (Å²) in [5.41, 5.74) is 2.80. The molecule has 1 N–H and O–H groups in total. The van der Waals surface area contributed by atoms with Crippen LogP contribution in [0.5, 0.6) is 5.75 Å². The zero-order valence-electron chi connectivity index (χ0n) is 13.3. The lowest BCUT2D eigenvalue weighted by Gasteiger charge is -2.12. The molecule has 0 fully saturated rings. The number of carbonyl (C=O) groups excluding carboxylic acids is 2. The number of benzene rings is 2. The van der Waals surface area contributed by atoms with Crippen LogP contribution in [0.2, 0.25) is 0 Å². The summed E-state index contributed by atoms with van der Waals surface area (Å²) in [7, 11) is 0. The number of ether oxygens (including phenoxy) is 1. The van der Waals surface area contributed by atoms with Gasteiger partial charge >= 0.3 is 0 Å². The summed E-state index contributed by atoms with van der Waals surface area (Å²) < 4.78 is 18.5. The maximum absolute atomic E-state index is 13.2. The highest BCUT2D eigenvalue weighted by Crippen LogP contribution is 2.21. The van der Waals surface area contributed by atoms with E-state index < -0.39 is 5.82 Å². The van der Waals surface area contributed by atoms with Crippen LogP contribution in [0.25, 0.3) is 0 Å². The minimum Gasteiger partial charge on any atom is -0.483 e. The van der Waals surface area contributed by atoms with Crippen molar-refractivity contribution in [1.29, 1.82) is 0 Å². The molecular weight excluding hydrogens is 297 g/mol. The largest absolute Gasteiger partial charge is 0.483 e. The second-order valence-corrected chi connectivity index (χ2v) is 5.35. The van der Waals surface area contributed by atoms with E-state index in [0.717, 1.165) is 17.2 Å². The number of Topliss-reactive ketones (excluding diaryl/α,β-unsaturated/α-hetero) is 1. The fourth-order valence-electron chi connectivity index (χ4n) is 2.10. The first-order valence-corrected chi connectivity index (χ1v) is 7.17. The number of rotatable bonds is 5. The van der Waals surface area contributed by atoms with Gasteiger partial charge in [-0.3, -0.25) is 9.59 Å². The van der Waals surface area contributed by atoms with Crippen LogP contribution in [0.15, 0.2) is 36.4 Å². The van der Waals surface area contributed by atoms with Crippen molar-refractivity contribution in [2.75, 3.05) is 11.9 Å². The van der Waals surface area contributed by atoms with Crippen molar-refractivity contribution in [3.8, 4) is 5.75 Å². The lowest BCUT2D eigenvalue weighted by Crippen LogP contribution is -2.21. The first kappa shape index (κ1) is 16.7. The van der Waals surface area contributed by atoms with E-state index in [1.165, 1.54) is 19.1 Å². The Hall–Kier alpha value is -2.69. The van der Waals surface area contributed by atoms with Gasteiger partial charge in [0.15, 0.2) is 12.4 Å². The fourth-order valence-corrected chi connectivity index (χ4v) is 2.10. The summed E-state index contributed by atoms with van der Waals surface area (Å²) in [6.45, 7) is 4.88. The molecular formula is C18H18FNO3. The molecule has 1 amide bonds. The van der Waals surface area contributed by atoms with Crippen molar-refractivity contribution in [3.63, 3.8) is 0 Å². The zero-order chi connectivity index (χ0) is 17.0. The minimum atomic E-state index is -0.526. The first-order valence-electron chi connectivity index (χ1n) is 7.17. The van der Waals surface area contributed by atoms with Crippen LogP contribution in [-0.4, -0.2) is 18.3 Å². The number of carbonyl (C=O) groups is 2. The molecule has 0 aliphatic rings. The van der Waals surface area contributed by atoms with Crippen molar-refractivity contribution in [2.24, 2.45) is 0 Å². The highest BCUT2D eigenvalue weighted by molar-refractivity contribution is 5.97. The van der Waals surface area contributed by atoms with Crippen LogP contribution in [0.1, 0.15) is 28.4 Å². The monoisotopic (exact) mass is 315 g/mol. The van der Waals surface area contributed by atoms with Gasteiger partial charge < -0.3 is 10.1 Å². The molecule has 2 rings (SSSR count). The number of anilines is 1. The lowest BCUT2D eigenvalue weighted by atomic mass is 10.1. The Morgan fingerprint density at radius 3 is 2.57 bits per heavy atom. The molecule has 2 aromatic carbocycles. The predicted molar refractivity (Wildman–Crippen MR) is 86.4 cm³/mol. The van der Waals surface area contributed by atoms with Crippen molar-refractivity contribution in [3.05, 3.63) is 58.9 Å². The molecule has 2 aromatic rings. The van der Waals surface area contributed by atoms with Gasteiger partial charge in [0.05, 0.1) is 5.56 Å². The Morgan fingerprint density at radius 1 is 1.13 bits per heavy atom. The Labute approximate surface area is 134 Å². The number of nitrogens with one attached hydrogen (secondary N) is 1. The van der Waals surface area contributed by atoms with Gasteiger partial charge in [-0.1, -0.05) is 12.1 Å². The summed E-state index contributed by atoms with van der Waals surface area (Å²) in [6, 6.07) is 9.37. The Balaban J connectivity index is 2.05. The average molecular weight is 315 g/mol. The normalized spacial score (nSPS) is 10.3. The average Bonchev–Trinajstić information content (AvgIpc) is 2.49. The van der Waals surface area contributed by atoms with Gasteiger partial charge in [-0.25, -0.2) is 4.39 Å². The summed E-state index contributed by atoms with van der Waals surface area (Å²) in [6.07, 6.45) is 0. The molecule has 0 bridgehead atoms. The predicted octanol–water partition coefficient (Wildman–Crippen LogP) is 3.66. The minimum absolute atomic E-state index is 0.115. The Morgan fingerprint density at radius 2 is 1.87 bits per heavy atom. The van der Waals surface area contributed by atoms with E-state index in [9.17, 15) is 14.0 Å². The smallest absolute Gasteiger partial charge is 0.262 e. The van der Waals surface area contributed by atoms with E-state index in [2.05, 4.69) is 5.32 Å². The van der Waals surface area contributed by atoms with Crippen molar-refractivity contribution >= 4 is 17.4 Å². The number of amides is 1. The van der Waals surface area contributed by atoms with E-state index in [4.69, 9.17) is 4.74 Å².